The molecule has 1 aliphatic heterocycles. The lowest BCUT2D eigenvalue weighted by molar-refractivity contribution is -0.126. The molecular weight excluding hydrogens is 476 g/mol. The Kier molecular flexibility index (Phi) is 5.05. The summed E-state index contributed by atoms with van der Waals surface area (Å²) in [5.74, 6) is 0.485. The van der Waals surface area contributed by atoms with Crippen LogP contribution in [0.4, 0.5) is 0 Å². The number of benzene rings is 2. The number of hydrogen-bond donors (Lipinski definition) is 3. The fraction of sp³-hybridized carbons (Fsp3) is 0.292. The van der Waals surface area contributed by atoms with Crippen LogP contribution in [-0.4, -0.2) is 16.6 Å². The summed E-state index contributed by atoms with van der Waals surface area (Å²) in [5.41, 5.74) is 7.46. The Morgan fingerprint density at radius 1 is 1.19 bits per heavy atom. The predicted octanol–water partition coefficient (Wildman–Crippen LogP) is 4.61. The molecule has 1 aliphatic carbocycles. The van der Waals surface area contributed by atoms with Gasteiger partial charge in [-0.1, -0.05) is 57.9 Å². The largest absolute Gasteiger partial charge is 0.476 e. The lowest BCUT2D eigenvalue weighted by atomic mass is 9.70. The highest BCUT2D eigenvalue weighted by Gasteiger charge is 2.73. The van der Waals surface area contributed by atoms with E-state index in [1.165, 1.54) is 5.56 Å². The van der Waals surface area contributed by atoms with Crippen molar-refractivity contribution >= 4 is 28.8 Å². The minimum Gasteiger partial charge on any atom is -0.476 e. The molecule has 5 nitrogen and oxygen atoms in total. The average molecular weight is 499 g/mol. The third kappa shape index (κ3) is 2.80. The second-order valence-corrected chi connectivity index (χ2v) is 9.44. The van der Waals surface area contributed by atoms with Gasteiger partial charge in [-0.05, 0) is 43.1 Å². The van der Waals surface area contributed by atoms with E-state index in [-0.39, 0.29) is 11.8 Å². The molecule has 160 valence electrons. The number of ether oxygens (including phenoxy) is 1. The number of nitrogens with two attached hydrogens (primary N) is 1. The zero-order valence-corrected chi connectivity index (χ0v) is 19.4. The smallest absolute Gasteiger partial charge is 0.174 e. The summed E-state index contributed by atoms with van der Waals surface area (Å²) in [5, 5.41) is 12.6. The Balaban J connectivity index is 1.82. The fourth-order valence-electron chi connectivity index (χ4n) is 5.46. The van der Waals surface area contributed by atoms with Gasteiger partial charge in [0.25, 0.3) is 0 Å². The van der Waals surface area contributed by atoms with Gasteiger partial charge in [-0.2, -0.15) is 0 Å². The van der Waals surface area contributed by atoms with Gasteiger partial charge in [-0.3, -0.25) is 4.98 Å². The van der Waals surface area contributed by atoms with Crippen molar-refractivity contribution in [1.82, 2.24) is 4.98 Å². The van der Waals surface area contributed by atoms with Crippen LogP contribution in [0.3, 0.4) is 0 Å². The van der Waals surface area contributed by atoms with Gasteiger partial charge >= 0.3 is 0 Å². The van der Waals surface area contributed by atoms with Gasteiger partial charge < -0.3 is 19.8 Å². The van der Waals surface area contributed by atoms with Gasteiger partial charge in [0.05, 0.1) is 18.0 Å². The lowest BCUT2D eigenvalue weighted by Gasteiger charge is -2.41. The maximum atomic E-state index is 12.6. The summed E-state index contributed by atoms with van der Waals surface area (Å²) >= 11 is 7.54. The number of hydrogen-bond acceptors (Lipinski definition) is 6. The number of halogens is 1. The van der Waals surface area contributed by atoms with Crippen LogP contribution in [0.15, 0.2) is 65.4 Å². The van der Waals surface area contributed by atoms with Gasteiger partial charge in [0.1, 0.15) is 11.4 Å². The van der Waals surface area contributed by atoms with E-state index >= 15 is 0 Å². The second-order valence-electron chi connectivity index (χ2n) is 8.34. The molecule has 0 amide bonds. The topological polar surface area (TPSA) is 77.6 Å². The molecule has 0 bridgehead atoms. The Morgan fingerprint density at radius 3 is 2.55 bits per heavy atom. The molecule has 3 aromatic rings. The highest BCUT2D eigenvalue weighted by Crippen LogP contribution is 2.69. The first-order valence-corrected chi connectivity index (χ1v) is 11.4. The highest BCUT2D eigenvalue weighted by atomic mass is 79.9. The molecule has 4 atom stereocenters. The van der Waals surface area contributed by atoms with Gasteiger partial charge in [0.15, 0.2) is 11.4 Å². The van der Waals surface area contributed by atoms with E-state index in [9.17, 15) is 5.11 Å². The molecule has 2 aromatic carbocycles. The lowest BCUT2D eigenvalue weighted by Crippen LogP contribution is -2.51. The number of pyridine rings is 1. The van der Waals surface area contributed by atoms with E-state index in [1.54, 1.807) is 12.4 Å². The summed E-state index contributed by atoms with van der Waals surface area (Å²) in [6, 6.07) is 16.3. The van der Waals surface area contributed by atoms with Crippen LogP contribution < -0.4 is 14.7 Å². The molecule has 31 heavy (non-hydrogen) atoms. The predicted molar refractivity (Wildman–Crippen MR) is 125 cm³/mol. The van der Waals surface area contributed by atoms with Crippen LogP contribution in [0.2, 0.25) is 0 Å². The molecule has 2 aliphatic rings. The zero-order chi connectivity index (χ0) is 21.8. The average Bonchev–Trinajstić information content (AvgIpc) is 3.20. The molecule has 0 saturated heterocycles. The number of aromatic nitrogens is 1. The third-order valence-electron chi connectivity index (χ3n) is 6.83. The molecule has 0 spiro atoms. The molecule has 3 N–H and O–H groups in total. The van der Waals surface area contributed by atoms with E-state index in [0.717, 1.165) is 15.6 Å². The molecule has 2 heterocycles. The van der Waals surface area contributed by atoms with Crippen molar-refractivity contribution in [3.63, 3.8) is 0 Å². The van der Waals surface area contributed by atoms with E-state index in [1.807, 2.05) is 24.3 Å². The van der Waals surface area contributed by atoms with E-state index in [2.05, 4.69) is 65.0 Å². The number of nitrogens with zero attached hydrogens (tertiary/aromatic N) is 1. The highest BCUT2D eigenvalue weighted by molar-refractivity contribution is 9.10. The molecule has 1 aromatic heterocycles. The zero-order valence-electron chi connectivity index (χ0n) is 17.0. The van der Waals surface area contributed by atoms with Gasteiger partial charge in [0.2, 0.25) is 0 Å². The first kappa shape index (κ1) is 20.8. The monoisotopic (exact) mass is 498 g/mol. The van der Waals surface area contributed by atoms with Crippen molar-refractivity contribution in [2.45, 2.75) is 30.5 Å². The second kappa shape index (κ2) is 7.52. The van der Waals surface area contributed by atoms with Crippen molar-refractivity contribution in [2.75, 3.05) is 6.54 Å². The van der Waals surface area contributed by atoms with Gasteiger partial charge in [-0.25, -0.2) is 0 Å². The summed E-state index contributed by atoms with van der Waals surface area (Å²) in [7, 11) is 0. The fourth-order valence-corrected chi connectivity index (χ4v) is 5.86. The first-order valence-electron chi connectivity index (χ1n) is 10.2. The van der Waals surface area contributed by atoms with Crippen molar-refractivity contribution in [3.05, 3.63) is 87.7 Å². The van der Waals surface area contributed by atoms with Gasteiger partial charge in [-0.15, -0.1) is 0 Å². The maximum Gasteiger partial charge on any atom is 0.174 e. The van der Waals surface area contributed by atoms with Crippen LogP contribution >= 0.6 is 28.8 Å². The molecule has 1 fully saturated rings. The Morgan fingerprint density at radius 2 is 1.90 bits per heavy atom. The SMILES string of the molecule is Cc1ccc(C2CC(CN)C3(O)c4c(OS)cncc4OC23c2ccc(Br)cc2)cc1. The molecule has 0 radical (unpaired) electrons. The number of rotatable bonds is 4. The van der Waals surface area contributed by atoms with Gasteiger partial charge in [0, 0.05) is 29.2 Å². The van der Waals surface area contributed by atoms with Crippen LogP contribution in [0.1, 0.15) is 34.6 Å². The molecule has 5 rings (SSSR count). The minimum absolute atomic E-state index is 0.131. The summed E-state index contributed by atoms with van der Waals surface area (Å²) in [6.07, 6.45) is 3.85. The summed E-state index contributed by atoms with van der Waals surface area (Å²) in [6.45, 7) is 2.36. The Bertz CT molecular complexity index is 1120. The van der Waals surface area contributed by atoms with E-state index in [0.29, 0.717) is 30.0 Å². The minimum atomic E-state index is -1.42. The molecular formula is C24H23BrN2O3S. The molecule has 7 heteroatoms. The van der Waals surface area contributed by atoms with Crippen LogP contribution in [0.25, 0.3) is 0 Å². The number of thiol groups is 1. The quantitative estimate of drug-likeness (QED) is 0.361. The number of aryl methyl sites for hydroxylation is 1. The maximum absolute atomic E-state index is 12.6. The van der Waals surface area contributed by atoms with E-state index < -0.39 is 11.2 Å². The van der Waals surface area contributed by atoms with Crippen LogP contribution in [0.5, 0.6) is 11.5 Å². The first-order chi connectivity index (χ1) is 15.0. The number of aliphatic hydroxyl groups is 1. The summed E-state index contributed by atoms with van der Waals surface area (Å²) < 4.78 is 13.0. The molecule has 1 saturated carbocycles. The molecule has 4 unspecified atom stereocenters. The third-order valence-corrected chi connectivity index (χ3v) is 7.56. The van der Waals surface area contributed by atoms with Crippen LogP contribution in [-0.2, 0) is 11.2 Å². The number of fused-ring (bicyclic) bond motifs is 3. The Labute approximate surface area is 195 Å². The van der Waals surface area contributed by atoms with Crippen molar-refractivity contribution < 1.29 is 14.0 Å². The standard InChI is InChI=1S/C24H23BrN2O3S/c1-14-2-4-15(5-3-14)19-10-17(11-26)23(28)22-20(12-27-13-21(22)30-31)29-24(19,23)16-6-8-18(25)9-7-16/h2-9,12-13,17,19,28,31H,10-11,26H2,1H3. The normalized spacial score (nSPS) is 28.7. The van der Waals surface area contributed by atoms with Crippen LogP contribution in [0, 0.1) is 12.8 Å². The van der Waals surface area contributed by atoms with Crippen molar-refractivity contribution in [2.24, 2.45) is 11.7 Å². The Hall–Kier alpha value is -2.06. The van der Waals surface area contributed by atoms with E-state index in [4.69, 9.17) is 14.7 Å². The van der Waals surface area contributed by atoms with Crippen molar-refractivity contribution in [3.8, 4) is 11.5 Å². The van der Waals surface area contributed by atoms with Crippen molar-refractivity contribution in [1.29, 1.82) is 0 Å². The summed E-state index contributed by atoms with van der Waals surface area (Å²) in [4.78, 5) is 4.24.